The highest BCUT2D eigenvalue weighted by Gasteiger charge is 2.22. The van der Waals surface area contributed by atoms with Gasteiger partial charge in [-0.25, -0.2) is 0 Å². The Bertz CT molecular complexity index is 433. The number of halogens is 1. The summed E-state index contributed by atoms with van der Waals surface area (Å²) in [5, 5.41) is 0. The van der Waals surface area contributed by atoms with Crippen molar-refractivity contribution in [3.63, 3.8) is 0 Å². The van der Waals surface area contributed by atoms with Crippen molar-refractivity contribution < 1.29 is 9.53 Å². The van der Waals surface area contributed by atoms with Crippen LogP contribution in [0.15, 0.2) is 18.2 Å². The summed E-state index contributed by atoms with van der Waals surface area (Å²) >= 11 is 2.31. The lowest BCUT2D eigenvalue weighted by atomic mass is 9.99. The van der Waals surface area contributed by atoms with Crippen LogP contribution in [0, 0.1) is 16.4 Å². The number of aryl methyl sites for hydroxylation is 1. The molecule has 0 N–H and O–H groups in total. The zero-order valence-electron chi connectivity index (χ0n) is 11.7. The molecule has 0 aliphatic rings. The van der Waals surface area contributed by atoms with E-state index in [-0.39, 0.29) is 11.9 Å². The molecule has 18 heavy (non-hydrogen) atoms. The Kier molecular flexibility index (Phi) is 5.20. The van der Waals surface area contributed by atoms with Crippen molar-refractivity contribution in [1.29, 1.82) is 0 Å². The maximum absolute atomic E-state index is 11.9. The van der Waals surface area contributed by atoms with Gasteiger partial charge in [-0.05, 0) is 68.3 Å². The van der Waals surface area contributed by atoms with Gasteiger partial charge in [-0.3, -0.25) is 4.79 Å². The lowest BCUT2D eigenvalue weighted by Gasteiger charge is -2.22. The lowest BCUT2D eigenvalue weighted by molar-refractivity contribution is -0.159. The fourth-order valence-corrected chi connectivity index (χ4v) is 2.23. The Hall–Kier alpha value is -0.580. The van der Waals surface area contributed by atoms with Gasteiger partial charge >= 0.3 is 5.97 Å². The quantitative estimate of drug-likeness (QED) is 0.599. The number of benzene rings is 1. The van der Waals surface area contributed by atoms with Crippen LogP contribution in [-0.4, -0.2) is 11.6 Å². The Morgan fingerprint density at radius 1 is 1.39 bits per heavy atom. The van der Waals surface area contributed by atoms with Crippen LogP contribution in [0.3, 0.4) is 0 Å². The summed E-state index contributed by atoms with van der Waals surface area (Å²) in [6.07, 6.45) is 0.731. The van der Waals surface area contributed by atoms with E-state index in [9.17, 15) is 4.79 Å². The van der Waals surface area contributed by atoms with Crippen molar-refractivity contribution in [2.24, 2.45) is 5.92 Å². The van der Waals surface area contributed by atoms with E-state index in [0.717, 1.165) is 6.42 Å². The Balaban J connectivity index is 2.72. The normalized spacial score (nSPS) is 13.2. The predicted octanol–water partition coefficient (Wildman–Crippen LogP) is 4.12. The summed E-state index contributed by atoms with van der Waals surface area (Å²) in [7, 11) is 0. The second kappa shape index (κ2) is 6.04. The van der Waals surface area contributed by atoms with Gasteiger partial charge in [0, 0.05) is 3.57 Å². The summed E-state index contributed by atoms with van der Waals surface area (Å²) in [5.41, 5.74) is 2.03. The smallest absolute Gasteiger partial charge is 0.309 e. The van der Waals surface area contributed by atoms with E-state index in [1.165, 1.54) is 14.7 Å². The molecule has 1 aromatic rings. The average molecular weight is 360 g/mol. The van der Waals surface area contributed by atoms with Gasteiger partial charge in [0.2, 0.25) is 0 Å². The first-order chi connectivity index (χ1) is 8.19. The first kappa shape index (κ1) is 15.5. The zero-order chi connectivity index (χ0) is 13.9. The molecule has 0 aromatic heterocycles. The third-order valence-corrected chi connectivity index (χ3v) is 3.59. The van der Waals surface area contributed by atoms with Gasteiger partial charge in [0.15, 0.2) is 0 Å². The SMILES string of the molecule is Cc1ccc(I)c(C[C@@H](C)C(=O)OC(C)(C)C)c1. The van der Waals surface area contributed by atoms with Crippen molar-refractivity contribution in [2.75, 3.05) is 0 Å². The van der Waals surface area contributed by atoms with Crippen molar-refractivity contribution in [1.82, 2.24) is 0 Å². The van der Waals surface area contributed by atoms with Gasteiger partial charge in [-0.2, -0.15) is 0 Å². The van der Waals surface area contributed by atoms with Crippen LogP contribution in [0.25, 0.3) is 0 Å². The van der Waals surface area contributed by atoms with Gasteiger partial charge in [0.1, 0.15) is 5.60 Å². The summed E-state index contributed by atoms with van der Waals surface area (Å²) in [6, 6.07) is 6.32. The maximum Gasteiger partial charge on any atom is 0.309 e. The number of carbonyl (C=O) groups excluding carboxylic acids is 1. The molecule has 1 aromatic carbocycles. The fraction of sp³-hybridized carbons (Fsp3) is 0.533. The van der Waals surface area contributed by atoms with Crippen molar-refractivity contribution >= 4 is 28.6 Å². The summed E-state index contributed by atoms with van der Waals surface area (Å²) < 4.78 is 6.60. The topological polar surface area (TPSA) is 26.3 Å². The largest absolute Gasteiger partial charge is 0.460 e. The van der Waals surface area contributed by atoms with E-state index >= 15 is 0 Å². The maximum atomic E-state index is 11.9. The molecule has 0 amide bonds. The van der Waals surface area contributed by atoms with Crippen LogP contribution in [0.5, 0.6) is 0 Å². The molecule has 0 saturated carbocycles. The summed E-state index contributed by atoms with van der Waals surface area (Å²) in [5.74, 6) is -0.237. The van der Waals surface area contributed by atoms with Crippen LogP contribution >= 0.6 is 22.6 Å². The molecule has 0 spiro atoms. The number of hydrogen-bond donors (Lipinski definition) is 0. The second-order valence-electron chi connectivity index (χ2n) is 5.73. The lowest BCUT2D eigenvalue weighted by Crippen LogP contribution is -2.28. The zero-order valence-corrected chi connectivity index (χ0v) is 13.9. The minimum Gasteiger partial charge on any atom is -0.460 e. The van der Waals surface area contributed by atoms with E-state index in [4.69, 9.17) is 4.74 Å². The summed E-state index contributed by atoms with van der Waals surface area (Å²) in [6.45, 7) is 9.68. The highest BCUT2D eigenvalue weighted by atomic mass is 127. The third-order valence-electron chi connectivity index (χ3n) is 2.54. The predicted molar refractivity (Wildman–Crippen MR) is 82.6 cm³/mol. The first-order valence-electron chi connectivity index (χ1n) is 6.17. The van der Waals surface area contributed by atoms with Crippen LogP contribution in [0.1, 0.15) is 38.8 Å². The molecular weight excluding hydrogens is 339 g/mol. The molecule has 0 bridgehead atoms. The molecule has 0 radical (unpaired) electrons. The fourth-order valence-electron chi connectivity index (χ4n) is 1.68. The number of carbonyl (C=O) groups is 1. The molecule has 0 heterocycles. The van der Waals surface area contributed by atoms with Crippen molar-refractivity contribution in [3.8, 4) is 0 Å². The molecular formula is C15H21IO2. The van der Waals surface area contributed by atoms with E-state index in [1.807, 2.05) is 27.7 Å². The van der Waals surface area contributed by atoms with Crippen LogP contribution in [-0.2, 0) is 16.0 Å². The third kappa shape index (κ3) is 4.96. The van der Waals surface area contributed by atoms with Gasteiger partial charge < -0.3 is 4.74 Å². The molecule has 1 rings (SSSR count). The van der Waals surface area contributed by atoms with Gasteiger partial charge in [0.05, 0.1) is 5.92 Å². The minimum absolute atomic E-state index is 0.112. The van der Waals surface area contributed by atoms with Crippen LogP contribution < -0.4 is 0 Å². The number of ether oxygens (including phenoxy) is 1. The highest BCUT2D eigenvalue weighted by Crippen LogP contribution is 2.20. The number of esters is 1. The van der Waals surface area contributed by atoms with Crippen molar-refractivity contribution in [2.45, 2.75) is 46.6 Å². The molecule has 0 fully saturated rings. The molecule has 100 valence electrons. The molecule has 0 aliphatic carbocycles. The van der Waals surface area contributed by atoms with E-state index in [1.54, 1.807) is 0 Å². The monoisotopic (exact) mass is 360 g/mol. The second-order valence-corrected chi connectivity index (χ2v) is 6.90. The van der Waals surface area contributed by atoms with Crippen LogP contribution in [0.2, 0.25) is 0 Å². The molecule has 1 atom stereocenters. The molecule has 2 nitrogen and oxygen atoms in total. The highest BCUT2D eigenvalue weighted by molar-refractivity contribution is 14.1. The van der Waals surface area contributed by atoms with Crippen molar-refractivity contribution in [3.05, 3.63) is 32.9 Å². The molecule has 0 aliphatic heterocycles. The van der Waals surface area contributed by atoms with E-state index in [2.05, 4.69) is 47.7 Å². The standard InChI is InChI=1S/C15H21IO2/c1-10-6-7-13(16)12(8-10)9-11(2)14(17)18-15(3,4)5/h6-8,11H,9H2,1-5H3/t11-/m1/s1. The molecule has 3 heteroatoms. The van der Waals surface area contributed by atoms with Crippen LogP contribution in [0.4, 0.5) is 0 Å². The minimum atomic E-state index is -0.412. The molecule has 0 saturated heterocycles. The first-order valence-corrected chi connectivity index (χ1v) is 7.25. The molecule has 0 unspecified atom stereocenters. The van der Waals surface area contributed by atoms with Gasteiger partial charge in [-0.1, -0.05) is 24.6 Å². The number of hydrogen-bond acceptors (Lipinski definition) is 2. The Labute approximate surface area is 123 Å². The van der Waals surface area contributed by atoms with Gasteiger partial charge in [-0.15, -0.1) is 0 Å². The van der Waals surface area contributed by atoms with E-state index in [0.29, 0.717) is 0 Å². The van der Waals surface area contributed by atoms with Gasteiger partial charge in [0.25, 0.3) is 0 Å². The van der Waals surface area contributed by atoms with E-state index < -0.39 is 5.60 Å². The summed E-state index contributed by atoms with van der Waals surface area (Å²) in [4.78, 5) is 11.9. The number of rotatable bonds is 3. The Morgan fingerprint density at radius 2 is 2.00 bits per heavy atom. The Morgan fingerprint density at radius 3 is 2.56 bits per heavy atom. The average Bonchev–Trinajstić information content (AvgIpc) is 2.21.